The molecule has 0 radical (unpaired) electrons. The number of carbonyl (C=O) groups is 1. The molecule has 2 aromatic heterocycles. The first-order valence-electron chi connectivity index (χ1n) is 8.05. The van der Waals surface area contributed by atoms with Crippen LogP contribution in [0.25, 0.3) is 12.2 Å². The van der Waals surface area contributed by atoms with Gasteiger partial charge in [0.1, 0.15) is 15.6 Å². The van der Waals surface area contributed by atoms with E-state index in [0.29, 0.717) is 32.7 Å². The minimum Gasteiger partial charge on any atom is -0.354 e. The number of amides is 1. The fraction of sp³-hybridized carbons (Fsp3) is 0.111. The number of hydrogen-bond acceptors (Lipinski definition) is 6. The highest BCUT2D eigenvalue weighted by atomic mass is 35.5. The van der Waals surface area contributed by atoms with Gasteiger partial charge in [0.2, 0.25) is 5.91 Å². The molecule has 0 fully saturated rings. The van der Waals surface area contributed by atoms with Gasteiger partial charge in [0.15, 0.2) is 5.76 Å². The van der Waals surface area contributed by atoms with Crippen molar-refractivity contribution in [2.75, 3.05) is 10.0 Å². The van der Waals surface area contributed by atoms with Crippen LogP contribution in [0.5, 0.6) is 0 Å². The molecule has 10 heteroatoms. The van der Waals surface area contributed by atoms with Crippen molar-refractivity contribution in [3.63, 3.8) is 0 Å². The molecule has 0 bridgehead atoms. The molecular formula is C18H16ClN3O4S2. The smallest absolute Gasteiger partial charge is 0.271 e. The second-order valence-electron chi connectivity index (χ2n) is 5.79. The number of rotatable bonds is 6. The molecule has 2 heterocycles. The maximum atomic E-state index is 12.5. The van der Waals surface area contributed by atoms with Crippen LogP contribution >= 0.6 is 22.9 Å². The molecule has 0 atom stereocenters. The second-order valence-corrected chi connectivity index (χ2v) is 9.25. The fourth-order valence-corrected chi connectivity index (χ4v) is 4.69. The van der Waals surface area contributed by atoms with Crippen LogP contribution in [0.2, 0.25) is 5.02 Å². The predicted molar refractivity (Wildman–Crippen MR) is 111 cm³/mol. The Bertz CT molecular complexity index is 1130. The third-order valence-corrected chi connectivity index (χ3v) is 6.73. The Labute approximate surface area is 171 Å². The van der Waals surface area contributed by atoms with Gasteiger partial charge in [-0.1, -0.05) is 16.8 Å². The largest absolute Gasteiger partial charge is 0.354 e. The number of carbonyl (C=O) groups excluding carboxylic acids is 1. The number of aromatic nitrogens is 1. The van der Waals surface area contributed by atoms with Gasteiger partial charge in [0.05, 0.1) is 0 Å². The van der Waals surface area contributed by atoms with Gasteiger partial charge in [-0.05, 0) is 55.5 Å². The van der Waals surface area contributed by atoms with Crippen LogP contribution in [0.3, 0.4) is 0 Å². The summed E-state index contributed by atoms with van der Waals surface area (Å²) in [4.78, 5) is 12.0. The van der Waals surface area contributed by atoms with Crippen LogP contribution in [0, 0.1) is 6.92 Å². The minimum absolute atomic E-state index is 0.165. The lowest BCUT2D eigenvalue weighted by Crippen LogP contribution is -2.11. The minimum atomic E-state index is -3.71. The summed E-state index contributed by atoms with van der Waals surface area (Å²) >= 11 is 6.91. The van der Waals surface area contributed by atoms with E-state index < -0.39 is 10.0 Å². The summed E-state index contributed by atoms with van der Waals surface area (Å²) in [5, 5.41) is 7.01. The molecule has 0 aliphatic heterocycles. The van der Waals surface area contributed by atoms with Gasteiger partial charge in [-0.2, -0.15) is 0 Å². The number of benzene rings is 1. The van der Waals surface area contributed by atoms with Crippen molar-refractivity contribution in [1.82, 2.24) is 5.16 Å². The average Bonchev–Trinajstić information content (AvgIpc) is 3.23. The van der Waals surface area contributed by atoms with Crippen molar-refractivity contribution in [2.24, 2.45) is 0 Å². The van der Waals surface area contributed by atoms with Crippen molar-refractivity contribution >= 4 is 62.4 Å². The van der Waals surface area contributed by atoms with E-state index in [-0.39, 0.29) is 10.1 Å². The average molecular weight is 438 g/mol. The zero-order valence-corrected chi connectivity index (χ0v) is 17.3. The number of halogens is 1. The molecule has 0 saturated heterocycles. The number of nitrogens with one attached hydrogen (secondary N) is 2. The van der Waals surface area contributed by atoms with E-state index in [4.69, 9.17) is 16.1 Å². The Balaban J connectivity index is 1.78. The van der Waals surface area contributed by atoms with E-state index in [1.54, 1.807) is 49.4 Å². The van der Waals surface area contributed by atoms with Crippen molar-refractivity contribution in [3.8, 4) is 0 Å². The first kappa shape index (κ1) is 20.1. The van der Waals surface area contributed by atoms with Crippen molar-refractivity contribution in [3.05, 3.63) is 57.8 Å². The fourth-order valence-electron chi connectivity index (χ4n) is 2.28. The second kappa shape index (κ2) is 8.17. The lowest BCUT2D eigenvalue weighted by Gasteiger charge is -2.05. The summed E-state index contributed by atoms with van der Waals surface area (Å²) in [6.45, 7) is 3.11. The summed E-state index contributed by atoms with van der Waals surface area (Å²) in [6.07, 6.45) is 3.32. The maximum Gasteiger partial charge on any atom is 0.271 e. The van der Waals surface area contributed by atoms with E-state index in [0.717, 1.165) is 11.3 Å². The number of thiophene rings is 1. The van der Waals surface area contributed by atoms with Gasteiger partial charge in [-0.25, -0.2) is 8.42 Å². The quantitative estimate of drug-likeness (QED) is 0.585. The highest BCUT2D eigenvalue weighted by Crippen LogP contribution is 2.27. The highest BCUT2D eigenvalue weighted by molar-refractivity contribution is 7.94. The molecule has 3 aromatic rings. The standard InChI is InChI=1S/C18H16ClN3O4S2/c1-11-18(20-12(2)23)16(26-21-11)9-7-15-8-10-17(27-15)28(24,25)22-14-5-3-13(19)4-6-14/h3-10,22H,1-2H3,(H,20,23)/b9-7+. The molecule has 1 aromatic carbocycles. The van der Waals surface area contributed by atoms with Crippen LogP contribution in [0.4, 0.5) is 11.4 Å². The molecule has 1 amide bonds. The Hall–Kier alpha value is -2.62. The Kier molecular flexibility index (Phi) is 5.87. The van der Waals surface area contributed by atoms with Gasteiger partial charge < -0.3 is 9.84 Å². The molecule has 0 aliphatic rings. The normalized spacial score (nSPS) is 11.7. The van der Waals surface area contributed by atoms with Gasteiger partial charge >= 0.3 is 0 Å². The molecule has 0 spiro atoms. The third kappa shape index (κ3) is 4.80. The number of anilines is 2. The zero-order valence-electron chi connectivity index (χ0n) is 14.9. The Morgan fingerprint density at radius 2 is 1.89 bits per heavy atom. The summed E-state index contributed by atoms with van der Waals surface area (Å²) < 4.78 is 32.9. The van der Waals surface area contributed by atoms with Gasteiger partial charge in [0.25, 0.3) is 10.0 Å². The molecule has 28 heavy (non-hydrogen) atoms. The zero-order chi connectivity index (χ0) is 20.3. The number of hydrogen-bond donors (Lipinski definition) is 2. The van der Waals surface area contributed by atoms with Crippen LogP contribution in [-0.4, -0.2) is 19.5 Å². The van der Waals surface area contributed by atoms with E-state index >= 15 is 0 Å². The van der Waals surface area contributed by atoms with E-state index in [1.807, 2.05) is 0 Å². The number of nitrogens with zero attached hydrogens (tertiary/aromatic N) is 1. The predicted octanol–water partition coefficient (Wildman–Crippen LogP) is 4.63. The van der Waals surface area contributed by atoms with Crippen molar-refractivity contribution in [1.29, 1.82) is 0 Å². The van der Waals surface area contributed by atoms with E-state index in [2.05, 4.69) is 15.2 Å². The molecule has 0 unspecified atom stereocenters. The third-order valence-electron chi connectivity index (χ3n) is 3.55. The van der Waals surface area contributed by atoms with Crippen LogP contribution in [0.15, 0.2) is 45.1 Å². The molecule has 0 aliphatic carbocycles. The van der Waals surface area contributed by atoms with Crippen LogP contribution in [0.1, 0.15) is 23.3 Å². The molecule has 0 saturated carbocycles. The molecular weight excluding hydrogens is 422 g/mol. The van der Waals surface area contributed by atoms with E-state index in [1.165, 1.54) is 13.0 Å². The monoisotopic (exact) mass is 437 g/mol. The summed E-state index contributed by atoms with van der Waals surface area (Å²) in [7, 11) is -3.71. The van der Waals surface area contributed by atoms with E-state index in [9.17, 15) is 13.2 Å². The lowest BCUT2D eigenvalue weighted by atomic mass is 10.2. The van der Waals surface area contributed by atoms with Gasteiger partial charge in [-0.15, -0.1) is 11.3 Å². The Morgan fingerprint density at radius 3 is 2.57 bits per heavy atom. The first-order valence-corrected chi connectivity index (χ1v) is 10.7. The van der Waals surface area contributed by atoms with Gasteiger partial charge in [0, 0.05) is 22.5 Å². The topological polar surface area (TPSA) is 101 Å². The van der Waals surface area contributed by atoms with Crippen LogP contribution in [-0.2, 0) is 14.8 Å². The molecule has 146 valence electrons. The summed E-state index contributed by atoms with van der Waals surface area (Å²) in [6, 6.07) is 9.58. The van der Waals surface area contributed by atoms with Crippen LogP contribution < -0.4 is 10.0 Å². The van der Waals surface area contributed by atoms with Crippen molar-refractivity contribution in [2.45, 2.75) is 18.1 Å². The molecule has 3 rings (SSSR count). The molecule has 2 N–H and O–H groups in total. The molecule has 7 nitrogen and oxygen atoms in total. The Morgan fingerprint density at radius 1 is 1.18 bits per heavy atom. The summed E-state index contributed by atoms with van der Waals surface area (Å²) in [5.41, 5.74) is 1.46. The van der Waals surface area contributed by atoms with Crippen molar-refractivity contribution < 1.29 is 17.7 Å². The highest BCUT2D eigenvalue weighted by Gasteiger charge is 2.17. The lowest BCUT2D eigenvalue weighted by molar-refractivity contribution is -0.114. The number of sulfonamides is 1. The SMILES string of the molecule is CC(=O)Nc1c(C)noc1/C=C/c1ccc(S(=O)(=O)Nc2ccc(Cl)cc2)s1. The first-order chi connectivity index (χ1) is 13.2. The van der Waals surface area contributed by atoms with Gasteiger partial charge in [-0.3, -0.25) is 9.52 Å². The number of aryl methyl sites for hydroxylation is 1. The summed E-state index contributed by atoms with van der Waals surface area (Å²) in [5.74, 6) is 0.142. The maximum absolute atomic E-state index is 12.5.